The molecule has 4 heteroatoms. The van der Waals surface area contributed by atoms with Crippen molar-refractivity contribution in [1.82, 2.24) is 4.90 Å². The van der Waals surface area contributed by atoms with Gasteiger partial charge in [-0.3, -0.25) is 4.79 Å². The molecule has 0 radical (unpaired) electrons. The van der Waals surface area contributed by atoms with E-state index in [0.717, 1.165) is 36.3 Å². The third kappa shape index (κ3) is 4.35. The summed E-state index contributed by atoms with van der Waals surface area (Å²) in [6, 6.07) is 7.90. The van der Waals surface area contributed by atoms with Gasteiger partial charge in [0, 0.05) is 25.0 Å². The molecule has 21 heavy (non-hydrogen) atoms. The van der Waals surface area contributed by atoms with Gasteiger partial charge in [-0.2, -0.15) is 5.26 Å². The average molecular weight is 285 g/mol. The maximum absolute atomic E-state index is 12.3. The van der Waals surface area contributed by atoms with Crippen molar-refractivity contribution in [3.05, 3.63) is 41.1 Å². The molecular weight excluding hydrogens is 262 g/mol. The van der Waals surface area contributed by atoms with E-state index >= 15 is 0 Å². The monoisotopic (exact) mass is 285 g/mol. The molecule has 1 N–H and O–H groups in total. The first-order chi connectivity index (χ1) is 10.1. The summed E-state index contributed by atoms with van der Waals surface area (Å²) in [4.78, 5) is 14.2. The average Bonchev–Trinajstić information content (AvgIpc) is 2.50. The van der Waals surface area contributed by atoms with Crippen LogP contribution in [0, 0.1) is 18.3 Å². The van der Waals surface area contributed by atoms with Crippen molar-refractivity contribution < 1.29 is 4.79 Å². The van der Waals surface area contributed by atoms with Crippen LogP contribution < -0.4 is 5.32 Å². The number of nitrogens with zero attached hydrogens (tertiary/aromatic N) is 2. The second-order valence-corrected chi connectivity index (χ2v) is 4.79. The number of nitrogens with one attached hydrogen (secondary N) is 1. The van der Waals surface area contributed by atoms with Crippen LogP contribution in [0.1, 0.15) is 31.9 Å². The Morgan fingerprint density at radius 3 is 2.52 bits per heavy atom. The third-order valence-corrected chi connectivity index (χ3v) is 3.47. The molecule has 0 bridgehead atoms. The molecule has 0 fully saturated rings. The van der Waals surface area contributed by atoms with Crippen LogP contribution in [0.15, 0.2) is 30.0 Å². The number of hydrogen-bond donors (Lipinski definition) is 1. The van der Waals surface area contributed by atoms with Crippen LogP contribution in [0.25, 0.3) is 0 Å². The largest absolute Gasteiger partial charge is 0.377 e. The predicted octanol–water partition coefficient (Wildman–Crippen LogP) is 3.25. The second-order valence-electron chi connectivity index (χ2n) is 4.79. The molecular formula is C17H23N3O. The molecule has 1 amide bonds. The SMILES string of the molecule is CCc1cccc(C)c1NC(=O)/C(C#N)=C\N(CC)CC. The number of anilines is 1. The minimum absolute atomic E-state index is 0.129. The molecule has 1 aromatic carbocycles. The fraction of sp³-hybridized carbons (Fsp3) is 0.412. The number of amides is 1. The highest BCUT2D eigenvalue weighted by molar-refractivity contribution is 6.07. The fourth-order valence-electron chi connectivity index (χ4n) is 2.11. The number of nitriles is 1. The first-order valence-corrected chi connectivity index (χ1v) is 7.33. The van der Waals surface area contributed by atoms with E-state index in [2.05, 4.69) is 5.32 Å². The van der Waals surface area contributed by atoms with E-state index in [1.54, 1.807) is 6.20 Å². The zero-order valence-electron chi connectivity index (χ0n) is 13.2. The minimum Gasteiger partial charge on any atom is -0.377 e. The molecule has 0 aliphatic heterocycles. The molecule has 112 valence electrons. The Morgan fingerprint density at radius 1 is 1.33 bits per heavy atom. The Bertz CT molecular complexity index is 566. The summed E-state index contributed by atoms with van der Waals surface area (Å²) >= 11 is 0. The van der Waals surface area contributed by atoms with Crippen LogP contribution in [0.4, 0.5) is 5.69 Å². The van der Waals surface area contributed by atoms with Crippen LogP contribution in [0.5, 0.6) is 0 Å². The van der Waals surface area contributed by atoms with Crippen LogP contribution in [-0.2, 0) is 11.2 Å². The lowest BCUT2D eigenvalue weighted by atomic mass is 10.1. The summed E-state index contributed by atoms with van der Waals surface area (Å²) < 4.78 is 0. The number of aryl methyl sites for hydroxylation is 2. The van der Waals surface area contributed by atoms with Gasteiger partial charge in [-0.05, 0) is 38.3 Å². The Balaban J connectivity index is 3.02. The van der Waals surface area contributed by atoms with E-state index in [4.69, 9.17) is 0 Å². The van der Waals surface area contributed by atoms with Crippen molar-refractivity contribution in [3.8, 4) is 6.07 Å². The number of rotatable bonds is 6. The van der Waals surface area contributed by atoms with Crippen LogP contribution >= 0.6 is 0 Å². The lowest BCUT2D eigenvalue weighted by Crippen LogP contribution is -2.21. The van der Waals surface area contributed by atoms with Gasteiger partial charge in [0.2, 0.25) is 0 Å². The van der Waals surface area contributed by atoms with Crippen LogP contribution in [0.3, 0.4) is 0 Å². The Hall–Kier alpha value is -2.28. The molecule has 0 saturated heterocycles. The third-order valence-electron chi connectivity index (χ3n) is 3.47. The number of benzene rings is 1. The quantitative estimate of drug-likeness (QED) is 0.645. The van der Waals surface area contributed by atoms with Crippen molar-refractivity contribution >= 4 is 11.6 Å². The van der Waals surface area contributed by atoms with Crippen molar-refractivity contribution in [3.63, 3.8) is 0 Å². The molecule has 0 aromatic heterocycles. The molecule has 4 nitrogen and oxygen atoms in total. The summed E-state index contributed by atoms with van der Waals surface area (Å²) in [5.74, 6) is -0.353. The molecule has 0 unspecified atom stereocenters. The zero-order chi connectivity index (χ0) is 15.8. The van der Waals surface area contributed by atoms with Crippen molar-refractivity contribution in [2.24, 2.45) is 0 Å². The summed E-state index contributed by atoms with van der Waals surface area (Å²) in [5.41, 5.74) is 3.01. The van der Waals surface area contributed by atoms with Crippen molar-refractivity contribution in [1.29, 1.82) is 5.26 Å². The van der Waals surface area contributed by atoms with E-state index in [0.29, 0.717) is 0 Å². The highest BCUT2D eigenvalue weighted by Gasteiger charge is 2.13. The molecule has 1 rings (SSSR count). The first-order valence-electron chi connectivity index (χ1n) is 7.33. The molecule has 0 atom stereocenters. The first kappa shape index (κ1) is 16.8. The lowest BCUT2D eigenvalue weighted by Gasteiger charge is -2.16. The van der Waals surface area contributed by atoms with Crippen LogP contribution in [-0.4, -0.2) is 23.9 Å². The number of hydrogen-bond acceptors (Lipinski definition) is 3. The predicted molar refractivity (Wildman–Crippen MR) is 85.8 cm³/mol. The van der Waals surface area contributed by atoms with Gasteiger partial charge in [-0.15, -0.1) is 0 Å². The van der Waals surface area contributed by atoms with E-state index < -0.39 is 0 Å². The highest BCUT2D eigenvalue weighted by atomic mass is 16.1. The van der Waals surface area contributed by atoms with E-state index in [1.807, 2.05) is 56.9 Å². The number of carbonyl (C=O) groups is 1. The number of carbonyl (C=O) groups excluding carboxylic acids is 1. The zero-order valence-corrected chi connectivity index (χ0v) is 13.2. The maximum Gasteiger partial charge on any atom is 0.267 e. The summed E-state index contributed by atoms with van der Waals surface area (Å²) in [6.45, 7) is 9.50. The van der Waals surface area contributed by atoms with Gasteiger partial charge in [0.25, 0.3) is 5.91 Å². The second kappa shape index (κ2) is 8.11. The summed E-state index contributed by atoms with van der Waals surface area (Å²) in [7, 11) is 0. The molecule has 0 saturated carbocycles. The maximum atomic E-state index is 12.3. The van der Waals surface area contributed by atoms with Crippen LogP contribution in [0.2, 0.25) is 0 Å². The summed E-state index contributed by atoms with van der Waals surface area (Å²) in [5, 5.41) is 12.1. The Morgan fingerprint density at radius 2 is 2.00 bits per heavy atom. The number of para-hydroxylation sites is 1. The van der Waals surface area contributed by atoms with Gasteiger partial charge in [0.1, 0.15) is 11.6 Å². The van der Waals surface area contributed by atoms with Gasteiger partial charge in [0.15, 0.2) is 0 Å². The van der Waals surface area contributed by atoms with Crippen molar-refractivity contribution in [2.75, 3.05) is 18.4 Å². The normalized spacial score (nSPS) is 10.9. The van der Waals surface area contributed by atoms with Gasteiger partial charge < -0.3 is 10.2 Å². The Labute approximate surface area is 127 Å². The molecule has 0 heterocycles. The fourth-order valence-corrected chi connectivity index (χ4v) is 2.11. The highest BCUT2D eigenvalue weighted by Crippen LogP contribution is 2.21. The summed E-state index contributed by atoms with van der Waals surface area (Å²) in [6.07, 6.45) is 2.46. The van der Waals surface area contributed by atoms with E-state index in [-0.39, 0.29) is 11.5 Å². The smallest absolute Gasteiger partial charge is 0.267 e. The van der Waals surface area contributed by atoms with Gasteiger partial charge in [-0.1, -0.05) is 25.1 Å². The molecule has 0 aliphatic rings. The van der Waals surface area contributed by atoms with Crippen molar-refractivity contribution in [2.45, 2.75) is 34.1 Å². The van der Waals surface area contributed by atoms with E-state index in [1.165, 1.54) is 0 Å². The topological polar surface area (TPSA) is 56.1 Å². The van der Waals surface area contributed by atoms with Gasteiger partial charge >= 0.3 is 0 Å². The van der Waals surface area contributed by atoms with E-state index in [9.17, 15) is 10.1 Å². The van der Waals surface area contributed by atoms with Gasteiger partial charge in [0.05, 0.1) is 0 Å². The molecule has 0 aliphatic carbocycles. The molecule has 1 aromatic rings. The Kier molecular flexibility index (Phi) is 6.48. The minimum atomic E-state index is -0.353. The lowest BCUT2D eigenvalue weighted by molar-refractivity contribution is -0.112. The standard InChI is InChI=1S/C17H23N3O/c1-5-14-10-8-9-13(4)16(14)19-17(21)15(11-18)12-20(6-2)7-3/h8-10,12H,5-7H2,1-4H3,(H,19,21)/b15-12-. The molecule has 0 spiro atoms. The van der Waals surface area contributed by atoms with Gasteiger partial charge in [-0.25, -0.2) is 0 Å².